The normalized spacial score (nSPS) is 10.2. The molecule has 0 radical (unpaired) electrons. The van der Waals surface area contributed by atoms with E-state index in [1.807, 2.05) is 0 Å². The lowest BCUT2D eigenvalue weighted by Crippen LogP contribution is -2.00. The van der Waals surface area contributed by atoms with E-state index in [4.69, 9.17) is 23.2 Å². The minimum atomic E-state index is -0.309. The highest BCUT2D eigenvalue weighted by atomic mass is 35.5. The fourth-order valence-corrected chi connectivity index (χ4v) is 2.30. The number of hydrogen-bond acceptors (Lipinski definition) is 3. The van der Waals surface area contributed by atoms with Crippen LogP contribution in [-0.2, 0) is 0 Å². The molecule has 0 saturated carbocycles. The van der Waals surface area contributed by atoms with Crippen molar-refractivity contribution in [1.82, 2.24) is 0 Å². The number of halogens is 2. The molecule has 96 valence electrons. The van der Waals surface area contributed by atoms with Gasteiger partial charge in [0.15, 0.2) is 0 Å². The summed E-state index contributed by atoms with van der Waals surface area (Å²) in [5, 5.41) is 0.476. The molecular formula is C14H8Cl2O2S. The average Bonchev–Trinajstić information content (AvgIpc) is 2.40. The summed E-state index contributed by atoms with van der Waals surface area (Å²) in [6.07, 6.45) is 0. The molecule has 0 aliphatic heterocycles. The van der Waals surface area contributed by atoms with Gasteiger partial charge in [0.2, 0.25) is 10.2 Å². The monoisotopic (exact) mass is 310 g/mol. The molecule has 0 aliphatic carbocycles. The Hall–Kier alpha value is -1.29. The molecule has 0 bridgehead atoms. The van der Waals surface area contributed by atoms with Crippen LogP contribution in [-0.4, -0.2) is 10.2 Å². The molecule has 0 spiro atoms. The SMILES string of the molecule is O=C(SC(=O)c1ccc(Cl)cc1)c1ccc(Cl)cc1. The maximum atomic E-state index is 11.9. The molecule has 0 saturated heterocycles. The first kappa shape index (κ1) is 14.1. The summed E-state index contributed by atoms with van der Waals surface area (Å²) in [5.74, 6) is 0. The van der Waals surface area contributed by atoms with Crippen LogP contribution < -0.4 is 0 Å². The Labute approximate surface area is 124 Å². The molecule has 0 aliphatic rings. The molecule has 0 N–H and O–H groups in total. The highest BCUT2D eigenvalue weighted by Gasteiger charge is 2.14. The zero-order valence-corrected chi connectivity index (χ0v) is 11.9. The van der Waals surface area contributed by atoms with E-state index in [0.29, 0.717) is 32.9 Å². The quantitative estimate of drug-likeness (QED) is 0.805. The maximum Gasteiger partial charge on any atom is 0.227 e. The molecule has 0 heterocycles. The first-order valence-electron chi connectivity index (χ1n) is 5.34. The predicted molar refractivity (Wildman–Crippen MR) is 79.2 cm³/mol. The van der Waals surface area contributed by atoms with Crippen molar-refractivity contribution in [2.24, 2.45) is 0 Å². The Bertz CT molecular complexity index is 551. The van der Waals surface area contributed by atoms with Crippen molar-refractivity contribution in [1.29, 1.82) is 0 Å². The average molecular weight is 311 g/mol. The zero-order valence-electron chi connectivity index (χ0n) is 9.60. The number of benzene rings is 2. The van der Waals surface area contributed by atoms with Crippen molar-refractivity contribution in [2.45, 2.75) is 0 Å². The fourth-order valence-electron chi connectivity index (χ4n) is 1.37. The Morgan fingerprint density at radius 2 is 1.00 bits per heavy atom. The lowest BCUT2D eigenvalue weighted by Gasteiger charge is -2.01. The van der Waals surface area contributed by atoms with E-state index < -0.39 is 0 Å². The molecule has 0 unspecified atom stereocenters. The van der Waals surface area contributed by atoms with Crippen LogP contribution in [0.3, 0.4) is 0 Å². The van der Waals surface area contributed by atoms with Crippen molar-refractivity contribution < 1.29 is 9.59 Å². The molecule has 5 heteroatoms. The van der Waals surface area contributed by atoms with Gasteiger partial charge < -0.3 is 0 Å². The predicted octanol–water partition coefficient (Wildman–Crippen LogP) is 4.71. The Morgan fingerprint density at radius 3 is 1.32 bits per heavy atom. The van der Waals surface area contributed by atoms with Gasteiger partial charge in [0.05, 0.1) is 0 Å². The van der Waals surface area contributed by atoms with Crippen molar-refractivity contribution in [2.75, 3.05) is 0 Å². The van der Waals surface area contributed by atoms with Gasteiger partial charge >= 0.3 is 0 Å². The molecular weight excluding hydrogens is 303 g/mol. The number of carbonyl (C=O) groups is 2. The summed E-state index contributed by atoms with van der Waals surface area (Å²) in [6.45, 7) is 0. The van der Waals surface area contributed by atoms with E-state index in [1.54, 1.807) is 48.5 Å². The van der Waals surface area contributed by atoms with Gasteiger partial charge in [0.25, 0.3) is 0 Å². The van der Waals surface area contributed by atoms with Crippen LogP contribution in [0.2, 0.25) is 10.0 Å². The number of carbonyl (C=O) groups excluding carboxylic acids is 2. The minimum Gasteiger partial charge on any atom is -0.281 e. The van der Waals surface area contributed by atoms with Gasteiger partial charge in [-0.15, -0.1) is 0 Å². The molecule has 19 heavy (non-hydrogen) atoms. The molecule has 2 rings (SSSR count). The fraction of sp³-hybridized carbons (Fsp3) is 0. The van der Waals surface area contributed by atoms with Crippen LogP contribution in [0, 0.1) is 0 Å². The van der Waals surface area contributed by atoms with Gasteiger partial charge in [0.1, 0.15) is 0 Å². The molecule has 0 fully saturated rings. The maximum absolute atomic E-state index is 11.9. The summed E-state index contributed by atoms with van der Waals surface area (Å²) < 4.78 is 0. The summed E-state index contributed by atoms with van der Waals surface area (Å²) in [7, 11) is 0. The third kappa shape index (κ3) is 3.83. The van der Waals surface area contributed by atoms with Crippen LogP contribution in [0.25, 0.3) is 0 Å². The van der Waals surface area contributed by atoms with Crippen molar-refractivity contribution in [3.05, 3.63) is 69.7 Å². The third-order valence-corrected chi connectivity index (χ3v) is 3.69. The first-order chi connectivity index (χ1) is 9.06. The third-order valence-electron chi connectivity index (χ3n) is 2.35. The second-order valence-corrected chi connectivity index (χ2v) is 5.51. The molecule has 0 amide bonds. The van der Waals surface area contributed by atoms with E-state index in [0.717, 1.165) is 0 Å². The van der Waals surface area contributed by atoms with E-state index >= 15 is 0 Å². The van der Waals surface area contributed by atoms with Gasteiger partial charge in [-0.25, -0.2) is 0 Å². The highest BCUT2D eigenvalue weighted by molar-refractivity contribution is 8.26. The molecule has 2 nitrogen and oxygen atoms in total. The summed E-state index contributed by atoms with van der Waals surface area (Å²) in [6, 6.07) is 12.8. The topological polar surface area (TPSA) is 34.1 Å². The minimum absolute atomic E-state index is 0.309. The van der Waals surface area contributed by atoms with Crippen molar-refractivity contribution in [3.63, 3.8) is 0 Å². The number of rotatable bonds is 2. The lowest BCUT2D eigenvalue weighted by molar-refractivity contribution is 0.106. The van der Waals surface area contributed by atoms with Gasteiger partial charge in [-0.2, -0.15) is 0 Å². The van der Waals surface area contributed by atoms with Gasteiger partial charge in [-0.05, 0) is 60.3 Å². The van der Waals surface area contributed by atoms with Crippen molar-refractivity contribution in [3.8, 4) is 0 Å². The van der Waals surface area contributed by atoms with E-state index in [9.17, 15) is 9.59 Å². The van der Waals surface area contributed by atoms with E-state index in [1.165, 1.54) is 0 Å². The van der Waals surface area contributed by atoms with Crippen molar-refractivity contribution >= 4 is 45.2 Å². The zero-order chi connectivity index (χ0) is 13.8. The second kappa shape index (κ2) is 6.24. The van der Waals surface area contributed by atoms with Gasteiger partial charge in [-0.1, -0.05) is 23.2 Å². The summed E-state index contributed by atoms with van der Waals surface area (Å²) >= 11 is 12.1. The van der Waals surface area contributed by atoms with E-state index in [2.05, 4.69) is 0 Å². The van der Waals surface area contributed by atoms with Gasteiger partial charge in [-0.3, -0.25) is 9.59 Å². The van der Waals surface area contributed by atoms with Crippen LogP contribution in [0.15, 0.2) is 48.5 Å². The molecule has 0 atom stereocenters. The highest BCUT2D eigenvalue weighted by Crippen LogP contribution is 2.20. The van der Waals surface area contributed by atoms with E-state index in [-0.39, 0.29) is 10.2 Å². The Balaban J connectivity index is 2.08. The Morgan fingerprint density at radius 1 is 0.684 bits per heavy atom. The summed E-state index contributed by atoms with van der Waals surface area (Å²) in [5.41, 5.74) is 0.883. The van der Waals surface area contributed by atoms with Gasteiger partial charge in [0, 0.05) is 21.2 Å². The van der Waals surface area contributed by atoms with Crippen LogP contribution in [0.4, 0.5) is 0 Å². The standard InChI is InChI=1S/C14H8Cl2O2S/c15-11-5-1-9(2-6-11)13(17)19-14(18)10-3-7-12(16)8-4-10/h1-8H. The smallest absolute Gasteiger partial charge is 0.227 e. The number of hydrogen-bond donors (Lipinski definition) is 0. The number of thioether (sulfide) groups is 1. The largest absolute Gasteiger partial charge is 0.281 e. The first-order valence-corrected chi connectivity index (χ1v) is 6.91. The Kier molecular flexibility index (Phi) is 4.64. The second-order valence-electron chi connectivity index (χ2n) is 3.69. The lowest BCUT2D eigenvalue weighted by atomic mass is 10.2. The molecule has 2 aromatic carbocycles. The van der Waals surface area contributed by atoms with Crippen LogP contribution >= 0.6 is 35.0 Å². The van der Waals surface area contributed by atoms with Crippen LogP contribution in [0.1, 0.15) is 20.7 Å². The summed E-state index contributed by atoms with van der Waals surface area (Å²) in [4.78, 5) is 23.8. The molecule has 0 aromatic heterocycles. The van der Waals surface area contributed by atoms with Crippen LogP contribution in [0.5, 0.6) is 0 Å². The molecule has 2 aromatic rings.